The van der Waals surface area contributed by atoms with Crippen molar-refractivity contribution in [3.05, 3.63) is 42.7 Å². The minimum Gasteiger partial charge on any atom is -0.461 e. The molecule has 0 spiro atoms. The van der Waals surface area contributed by atoms with Gasteiger partial charge in [-0.1, -0.05) is 18.2 Å². The van der Waals surface area contributed by atoms with Crippen LogP contribution in [0.1, 0.15) is 12.8 Å². The lowest BCUT2D eigenvalue weighted by Crippen LogP contribution is -2.08. The second kappa shape index (κ2) is 6.10. The summed E-state index contributed by atoms with van der Waals surface area (Å²) in [6.45, 7) is 0.882. The molecular weight excluding hydrogens is 296 g/mol. The number of rotatable bonds is 4. The zero-order valence-corrected chi connectivity index (χ0v) is 12.9. The number of benzene rings is 1. The van der Waals surface area contributed by atoms with Crippen LogP contribution in [0, 0.1) is 0 Å². The van der Waals surface area contributed by atoms with Gasteiger partial charge in [-0.15, -0.1) is 11.8 Å². The van der Waals surface area contributed by atoms with E-state index in [1.54, 1.807) is 18.0 Å². The third-order valence-corrected chi connectivity index (χ3v) is 4.86. The molecule has 0 aliphatic carbocycles. The molecule has 1 aromatic carbocycles. The first-order chi connectivity index (χ1) is 10.9. The van der Waals surface area contributed by atoms with Gasteiger partial charge in [0.25, 0.3) is 0 Å². The largest absolute Gasteiger partial charge is 0.461 e. The monoisotopic (exact) mass is 312 g/mol. The normalized spacial score (nSPS) is 18.1. The Morgan fingerprint density at radius 1 is 1.14 bits per heavy atom. The van der Waals surface area contributed by atoms with Crippen LogP contribution in [-0.4, -0.2) is 28.4 Å². The van der Waals surface area contributed by atoms with E-state index in [9.17, 15) is 0 Å². The number of ether oxygens (including phenoxy) is 1. The molecule has 3 heterocycles. The summed E-state index contributed by atoms with van der Waals surface area (Å²) in [7, 11) is 0. The van der Waals surface area contributed by atoms with Crippen LogP contribution in [0.25, 0.3) is 22.5 Å². The van der Waals surface area contributed by atoms with E-state index in [0.717, 1.165) is 41.1 Å². The molecule has 1 aliphatic rings. The number of nitrogens with zero attached hydrogens (tertiary/aromatic N) is 2. The molecule has 2 aromatic heterocycles. The van der Waals surface area contributed by atoms with Crippen LogP contribution in [0.15, 0.2) is 52.1 Å². The highest BCUT2D eigenvalue weighted by Gasteiger charge is 2.18. The molecule has 1 saturated heterocycles. The van der Waals surface area contributed by atoms with E-state index in [2.05, 4.69) is 11.1 Å². The molecule has 0 amide bonds. The number of hydrogen-bond acceptors (Lipinski definition) is 5. The average Bonchev–Trinajstić information content (AvgIpc) is 3.25. The number of furan rings is 1. The summed E-state index contributed by atoms with van der Waals surface area (Å²) < 4.78 is 11.1. The van der Waals surface area contributed by atoms with Crippen molar-refractivity contribution < 1.29 is 9.15 Å². The minimum absolute atomic E-state index is 0.339. The van der Waals surface area contributed by atoms with Crippen LogP contribution >= 0.6 is 11.8 Å². The summed E-state index contributed by atoms with van der Waals surface area (Å²) in [6, 6.07) is 11.8. The van der Waals surface area contributed by atoms with Crippen molar-refractivity contribution in [2.75, 3.05) is 12.4 Å². The molecule has 0 unspecified atom stereocenters. The van der Waals surface area contributed by atoms with Crippen LogP contribution in [0.4, 0.5) is 0 Å². The topological polar surface area (TPSA) is 48.2 Å². The lowest BCUT2D eigenvalue weighted by Gasteiger charge is -2.10. The van der Waals surface area contributed by atoms with E-state index in [4.69, 9.17) is 14.1 Å². The van der Waals surface area contributed by atoms with Crippen molar-refractivity contribution in [1.29, 1.82) is 0 Å². The Morgan fingerprint density at radius 2 is 2.09 bits per heavy atom. The van der Waals surface area contributed by atoms with Gasteiger partial charge < -0.3 is 9.15 Å². The summed E-state index contributed by atoms with van der Waals surface area (Å²) in [5.41, 5.74) is 0.943. The zero-order valence-electron chi connectivity index (χ0n) is 12.1. The molecule has 0 N–H and O–H groups in total. The number of thioether (sulfide) groups is 1. The van der Waals surface area contributed by atoms with Crippen LogP contribution in [0.5, 0.6) is 0 Å². The van der Waals surface area contributed by atoms with Gasteiger partial charge in [-0.25, -0.2) is 9.97 Å². The van der Waals surface area contributed by atoms with Gasteiger partial charge in [0.15, 0.2) is 11.6 Å². The van der Waals surface area contributed by atoms with Crippen molar-refractivity contribution in [2.24, 2.45) is 0 Å². The van der Waals surface area contributed by atoms with Gasteiger partial charge in [-0.3, -0.25) is 0 Å². The number of hydrogen-bond donors (Lipinski definition) is 0. The fourth-order valence-corrected chi connectivity index (χ4v) is 3.71. The van der Waals surface area contributed by atoms with Crippen LogP contribution in [0.2, 0.25) is 0 Å². The van der Waals surface area contributed by atoms with Crippen LogP contribution in [-0.2, 0) is 4.74 Å². The van der Waals surface area contributed by atoms with Gasteiger partial charge in [0.05, 0.1) is 17.9 Å². The van der Waals surface area contributed by atoms with Gasteiger partial charge in [0.2, 0.25) is 0 Å². The van der Waals surface area contributed by atoms with Gasteiger partial charge in [-0.05, 0) is 31.0 Å². The Labute approximate surface area is 132 Å². The first-order valence-electron chi connectivity index (χ1n) is 7.45. The molecule has 4 nitrogen and oxygen atoms in total. The van der Waals surface area contributed by atoms with Crippen molar-refractivity contribution in [2.45, 2.75) is 24.0 Å². The number of para-hydroxylation sites is 1. The zero-order chi connectivity index (χ0) is 14.8. The number of fused-ring (bicyclic) bond motifs is 1. The highest BCUT2D eigenvalue weighted by molar-refractivity contribution is 7.99. The summed E-state index contributed by atoms with van der Waals surface area (Å²) in [6.07, 6.45) is 4.28. The van der Waals surface area contributed by atoms with E-state index >= 15 is 0 Å². The Balaban J connectivity index is 1.70. The Bertz CT molecular complexity index is 767. The second-order valence-electron chi connectivity index (χ2n) is 5.29. The summed E-state index contributed by atoms with van der Waals surface area (Å²) >= 11 is 1.74. The summed E-state index contributed by atoms with van der Waals surface area (Å²) in [5, 5.41) is 2.08. The Hall–Kier alpha value is -1.85. The third kappa shape index (κ3) is 2.74. The molecule has 22 heavy (non-hydrogen) atoms. The van der Waals surface area contributed by atoms with Crippen molar-refractivity contribution >= 4 is 22.7 Å². The van der Waals surface area contributed by atoms with Gasteiger partial charge in [0.1, 0.15) is 5.03 Å². The van der Waals surface area contributed by atoms with Crippen molar-refractivity contribution in [3.63, 3.8) is 0 Å². The molecule has 1 fully saturated rings. The fourth-order valence-electron chi connectivity index (χ4n) is 2.62. The maximum absolute atomic E-state index is 5.71. The van der Waals surface area contributed by atoms with E-state index in [1.165, 1.54) is 0 Å². The van der Waals surface area contributed by atoms with E-state index < -0.39 is 0 Å². The van der Waals surface area contributed by atoms with Crippen molar-refractivity contribution in [3.8, 4) is 11.6 Å². The third-order valence-electron chi connectivity index (χ3n) is 3.74. The smallest absolute Gasteiger partial charge is 0.197 e. The Kier molecular flexibility index (Phi) is 3.83. The minimum atomic E-state index is 0.339. The maximum Gasteiger partial charge on any atom is 0.197 e. The first kappa shape index (κ1) is 13.8. The number of aromatic nitrogens is 2. The highest BCUT2D eigenvalue weighted by atomic mass is 32.2. The molecule has 4 rings (SSSR count). The molecule has 3 aromatic rings. The quantitative estimate of drug-likeness (QED) is 0.535. The lowest BCUT2D eigenvalue weighted by molar-refractivity contribution is 0.129. The van der Waals surface area contributed by atoms with Crippen molar-refractivity contribution in [1.82, 2.24) is 9.97 Å². The molecule has 112 valence electrons. The fraction of sp³-hybridized carbons (Fsp3) is 0.294. The van der Waals surface area contributed by atoms with Crippen LogP contribution < -0.4 is 0 Å². The lowest BCUT2D eigenvalue weighted by atomic mass is 10.2. The van der Waals surface area contributed by atoms with Gasteiger partial charge in [-0.2, -0.15) is 0 Å². The van der Waals surface area contributed by atoms with Crippen LogP contribution in [0.3, 0.4) is 0 Å². The van der Waals surface area contributed by atoms with E-state index in [-0.39, 0.29) is 0 Å². The molecule has 0 bridgehead atoms. The molecule has 1 aliphatic heterocycles. The Morgan fingerprint density at radius 3 is 2.91 bits per heavy atom. The summed E-state index contributed by atoms with van der Waals surface area (Å²) in [5.74, 6) is 2.27. The molecule has 0 saturated carbocycles. The SMILES string of the molecule is c1coc(-c2nc(SC[C@H]3CCCO3)c3ccccc3n2)c1. The van der Waals surface area contributed by atoms with E-state index in [1.807, 2.05) is 30.3 Å². The van der Waals surface area contributed by atoms with Gasteiger partial charge >= 0.3 is 0 Å². The van der Waals surface area contributed by atoms with E-state index in [0.29, 0.717) is 17.7 Å². The molecule has 1 atom stereocenters. The molecular formula is C17H16N2O2S. The average molecular weight is 312 g/mol. The summed E-state index contributed by atoms with van der Waals surface area (Å²) in [4.78, 5) is 9.32. The second-order valence-corrected chi connectivity index (χ2v) is 6.30. The predicted molar refractivity (Wildman–Crippen MR) is 86.9 cm³/mol. The molecule has 5 heteroatoms. The highest BCUT2D eigenvalue weighted by Crippen LogP contribution is 2.30. The maximum atomic E-state index is 5.71. The van der Waals surface area contributed by atoms with Gasteiger partial charge in [0, 0.05) is 17.7 Å². The first-order valence-corrected chi connectivity index (χ1v) is 8.44. The predicted octanol–water partition coefficient (Wildman–Crippen LogP) is 4.16. The molecule has 0 radical (unpaired) electrons. The standard InChI is InChI=1S/C17H16N2O2S/c1-2-7-14-13(6-1)17(22-11-12-5-3-9-20-12)19-16(18-14)15-8-4-10-21-15/h1-2,4,6-8,10,12H,3,5,9,11H2/t12-/m1/s1.